The number of aromatic nitrogens is 2. The second-order valence-electron chi connectivity index (χ2n) is 6.04. The van der Waals surface area contributed by atoms with Crippen molar-refractivity contribution < 1.29 is 4.79 Å². The minimum absolute atomic E-state index is 0.108. The maximum Gasteiger partial charge on any atom is 0.272 e. The molecule has 2 fully saturated rings. The fourth-order valence-corrected chi connectivity index (χ4v) is 3.67. The van der Waals surface area contributed by atoms with Gasteiger partial charge in [-0.25, -0.2) is 4.98 Å². The number of nitrogens with zero attached hydrogens (tertiary/aromatic N) is 3. The summed E-state index contributed by atoms with van der Waals surface area (Å²) >= 11 is 0. The Kier molecular flexibility index (Phi) is 2.76. The zero-order valence-electron chi connectivity index (χ0n) is 11.5. The maximum atomic E-state index is 12.6. The van der Waals surface area contributed by atoms with E-state index in [2.05, 4.69) is 4.98 Å². The van der Waals surface area contributed by atoms with Crippen molar-refractivity contribution in [3.05, 3.63) is 36.4 Å². The zero-order valence-corrected chi connectivity index (χ0v) is 11.5. The summed E-state index contributed by atoms with van der Waals surface area (Å²) in [5, 5.41) is 0. The van der Waals surface area contributed by atoms with E-state index in [1.165, 1.54) is 32.1 Å². The van der Waals surface area contributed by atoms with Gasteiger partial charge in [-0.05, 0) is 37.0 Å². The molecule has 1 saturated carbocycles. The van der Waals surface area contributed by atoms with Crippen LogP contribution < -0.4 is 0 Å². The summed E-state index contributed by atoms with van der Waals surface area (Å²) in [7, 11) is 0. The Balaban J connectivity index is 1.57. The minimum Gasteiger partial charge on any atom is -0.334 e. The first-order chi connectivity index (χ1) is 9.83. The van der Waals surface area contributed by atoms with Crippen molar-refractivity contribution >= 4 is 11.4 Å². The molecule has 4 rings (SSSR count). The Morgan fingerprint density at radius 3 is 3.10 bits per heavy atom. The predicted molar refractivity (Wildman–Crippen MR) is 76.6 cm³/mol. The van der Waals surface area contributed by atoms with E-state index in [0.717, 1.165) is 18.0 Å². The number of hydrogen-bond acceptors (Lipinski definition) is 2. The van der Waals surface area contributed by atoms with Crippen molar-refractivity contribution in [1.29, 1.82) is 0 Å². The highest BCUT2D eigenvalue weighted by molar-refractivity contribution is 5.94. The maximum absolute atomic E-state index is 12.6. The molecule has 2 aliphatic rings. The Morgan fingerprint density at radius 1 is 1.25 bits per heavy atom. The summed E-state index contributed by atoms with van der Waals surface area (Å²) in [4.78, 5) is 19.0. The lowest BCUT2D eigenvalue weighted by atomic mass is 9.84. The highest BCUT2D eigenvalue weighted by atomic mass is 16.2. The van der Waals surface area contributed by atoms with Crippen molar-refractivity contribution in [3.63, 3.8) is 0 Å². The highest BCUT2D eigenvalue weighted by Gasteiger charge is 2.42. The number of hydrogen-bond donors (Lipinski definition) is 0. The predicted octanol–water partition coefficient (Wildman–Crippen LogP) is 2.74. The standard InChI is InChI=1S/C16H19N3O/c20-16(14-9-13-6-4-8-18(13)11-17-14)19-10-12-5-2-1-3-7-15(12)19/h4,6,8-9,11-12,15H,1-3,5,7,10H2. The van der Waals surface area contributed by atoms with Gasteiger partial charge in [0.15, 0.2) is 0 Å². The third-order valence-electron chi connectivity index (χ3n) is 4.85. The molecule has 0 N–H and O–H groups in total. The summed E-state index contributed by atoms with van der Waals surface area (Å²) in [5.41, 5.74) is 1.61. The van der Waals surface area contributed by atoms with Crippen LogP contribution in [-0.2, 0) is 0 Å². The van der Waals surface area contributed by atoms with Gasteiger partial charge in [0.05, 0.1) is 6.33 Å². The molecule has 20 heavy (non-hydrogen) atoms. The smallest absolute Gasteiger partial charge is 0.272 e. The number of fused-ring (bicyclic) bond motifs is 2. The molecule has 2 aromatic rings. The molecule has 1 amide bonds. The van der Waals surface area contributed by atoms with Crippen LogP contribution in [0.2, 0.25) is 0 Å². The first-order valence-electron chi connectivity index (χ1n) is 7.56. The molecule has 0 aromatic carbocycles. The van der Waals surface area contributed by atoms with Crippen LogP contribution in [0.3, 0.4) is 0 Å². The molecule has 4 nitrogen and oxygen atoms in total. The summed E-state index contributed by atoms with van der Waals surface area (Å²) in [6.45, 7) is 0.928. The fourth-order valence-electron chi connectivity index (χ4n) is 3.67. The van der Waals surface area contributed by atoms with Crippen molar-refractivity contribution in [2.45, 2.75) is 38.1 Å². The first kappa shape index (κ1) is 11.9. The lowest BCUT2D eigenvalue weighted by molar-refractivity contribution is 0.0117. The molecule has 0 radical (unpaired) electrons. The SMILES string of the molecule is O=C(c1cc2cccn2cn1)N1CC2CCCCCC21. The molecular weight excluding hydrogens is 250 g/mol. The quantitative estimate of drug-likeness (QED) is 0.798. The van der Waals surface area contributed by atoms with Gasteiger partial charge >= 0.3 is 0 Å². The average Bonchev–Trinajstić information content (AvgIpc) is 2.84. The van der Waals surface area contributed by atoms with Gasteiger partial charge in [0.1, 0.15) is 5.69 Å². The van der Waals surface area contributed by atoms with Crippen molar-refractivity contribution in [1.82, 2.24) is 14.3 Å². The van der Waals surface area contributed by atoms with E-state index in [0.29, 0.717) is 11.7 Å². The Hall–Kier alpha value is -1.84. The van der Waals surface area contributed by atoms with E-state index in [9.17, 15) is 4.79 Å². The molecule has 2 unspecified atom stereocenters. The highest BCUT2D eigenvalue weighted by Crippen LogP contribution is 2.36. The average molecular weight is 269 g/mol. The normalized spacial score (nSPS) is 25.9. The van der Waals surface area contributed by atoms with Crippen LogP contribution in [0.25, 0.3) is 5.52 Å². The van der Waals surface area contributed by atoms with Crippen molar-refractivity contribution in [2.24, 2.45) is 5.92 Å². The lowest BCUT2D eigenvalue weighted by Gasteiger charge is -2.47. The molecule has 4 heteroatoms. The molecule has 2 aromatic heterocycles. The van der Waals surface area contributed by atoms with Crippen LogP contribution >= 0.6 is 0 Å². The topological polar surface area (TPSA) is 37.6 Å². The van der Waals surface area contributed by atoms with Gasteiger partial charge in [0, 0.05) is 24.3 Å². The number of rotatable bonds is 1. The molecule has 3 heterocycles. The summed E-state index contributed by atoms with van der Waals surface area (Å²) in [6, 6.07) is 6.33. The van der Waals surface area contributed by atoms with E-state index < -0.39 is 0 Å². The van der Waals surface area contributed by atoms with E-state index in [4.69, 9.17) is 0 Å². The van der Waals surface area contributed by atoms with Crippen molar-refractivity contribution in [3.8, 4) is 0 Å². The van der Waals surface area contributed by atoms with Crippen LogP contribution in [0, 0.1) is 5.92 Å². The number of carbonyl (C=O) groups excluding carboxylic acids is 1. The number of carbonyl (C=O) groups is 1. The molecule has 2 atom stereocenters. The van der Waals surface area contributed by atoms with Gasteiger partial charge in [0.25, 0.3) is 5.91 Å². The van der Waals surface area contributed by atoms with E-state index in [1.54, 1.807) is 6.33 Å². The largest absolute Gasteiger partial charge is 0.334 e. The zero-order chi connectivity index (χ0) is 13.5. The number of likely N-dealkylation sites (tertiary alicyclic amines) is 1. The molecular formula is C16H19N3O. The summed E-state index contributed by atoms with van der Waals surface area (Å²) in [6.07, 6.45) is 10.1. The summed E-state index contributed by atoms with van der Waals surface area (Å²) in [5.74, 6) is 0.843. The minimum atomic E-state index is 0.108. The van der Waals surface area contributed by atoms with Gasteiger partial charge < -0.3 is 9.30 Å². The van der Waals surface area contributed by atoms with E-state index in [-0.39, 0.29) is 5.91 Å². The molecule has 1 aliphatic carbocycles. The first-order valence-corrected chi connectivity index (χ1v) is 7.56. The monoisotopic (exact) mass is 269 g/mol. The van der Waals surface area contributed by atoms with Gasteiger partial charge in [-0.15, -0.1) is 0 Å². The van der Waals surface area contributed by atoms with Gasteiger partial charge in [-0.3, -0.25) is 4.79 Å². The van der Waals surface area contributed by atoms with Gasteiger partial charge in [-0.2, -0.15) is 0 Å². The third-order valence-corrected chi connectivity index (χ3v) is 4.85. The second kappa shape index (κ2) is 4.62. The van der Waals surface area contributed by atoms with Crippen LogP contribution in [0.5, 0.6) is 0 Å². The lowest BCUT2D eigenvalue weighted by Crippen LogP contribution is -2.58. The second-order valence-corrected chi connectivity index (χ2v) is 6.04. The molecule has 104 valence electrons. The third kappa shape index (κ3) is 1.82. The Labute approximate surface area is 118 Å². The number of amides is 1. The molecule has 0 bridgehead atoms. The van der Waals surface area contributed by atoms with E-state index >= 15 is 0 Å². The summed E-state index contributed by atoms with van der Waals surface area (Å²) < 4.78 is 1.93. The molecule has 1 aliphatic heterocycles. The van der Waals surface area contributed by atoms with Gasteiger partial charge in [0.2, 0.25) is 0 Å². The van der Waals surface area contributed by atoms with Crippen LogP contribution in [0.15, 0.2) is 30.7 Å². The van der Waals surface area contributed by atoms with Crippen LogP contribution in [-0.4, -0.2) is 32.8 Å². The van der Waals surface area contributed by atoms with Crippen LogP contribution in [0.1, 0.15) is 42.6 Å². The van der Waals surface area contributed by atoms with Crippen LogP contribution in [0.4, 0.5) is 0 Å². The molecule has 0 spiro atoms. The van der Waals surface area contributed by atoms with E-state index in [1.807, 2.05) is 33.7 Å². The van der Waals surface area contributed by atoms with Gasteiger partial charge in [-0.1, -0.05) is 19.3 Å². The van der Waals surface area contributed by atoms with Crippen molar-refractivity contribution in [2.75, 3.05) is 6.54 Å². The molecule has 1 saturated heterocycles. The fraction of sp³-hybridized carbons (Fsp3) is 0.500. The Bertz CT molecular complexity index is 648. The Morgan fingerprint density at radius 2 is 2.15 bits per heavy atom.